The summed E-state index contributed by atoms with van der Waals surface area (Å²) in [6.45, 7) is 4.54. The van der Waals surface area contributed by atoms with Gasteiger partial charge in [0.1, 0.15) is 18.0 Å². The number of urea groups is 1. The second kappa shape index (κ2) is 13.5. The second-order valence-corrected chi connectivity index (χ2v) is 12.2. The van der Waals surface area contributed by atoms with Gasteiger partial charge in [-0.3, -0.25) is 14.6 Å². The second-order valence-electron chi connectivity index (χ2n) is 11.4. The van der Waals surface area contributed by atoms with Gasteiger partial charge in [0.25, 0.3) is 0 Å². The van der Waals surface area contributed by atoms with Crippen molar-refractivity contribution in [1.82, 2.24) is 25.1 Å². The molecule has 4 aromatic rings. The van der Waals surface area contributed by atoms with E-state index in [0.717, 1.165) is 27.5 Å². The van der Waals surface area contributed by atoms with Crippen LogP contribution in [0.15, 0.2) is 97.6 Å². The van der Waals surface area contributed by atoms with E-state index in [-0.39, 0.29) is 50.2 Å². The number of hydrazine groups is 1. The van der Waals surface area contributed by atoms with Gasteiger partial charge in [-0.2, -0.15) is 5.01 Å². The van der Waals surface area contributed by atoms with Crippen molar-refractivity contribution in [2.24, 2.45) is 0 Å². The first-order chi connectivity index (χ1) is 22.2. The number of carbonyl (C=O) groups excluding carboxylic acids is 3. The summed E-state index contributed by atoms with van der Waals surface area (Å²) in [5.41, 5.74) is 2.45. The van der Waals surface area contributed by atoms with Crippen molar-refractivity contribution >= 4 is 51.8 Å². The number of fused-ring (bicyclic) bond motifs is 2. The molecule has 2 atom stereocenters. The molecule has 2 aliphatic rings. The van der Waals surface area contributed by atoms with Gasteiger partial charge < -0.3 is 15.1 Å². The molecular formula is C35H32Cl2FN5O3. The molecule has 2 fully saturated rings. The molecule has 236 valence electrons. The Hall–Kier alpha value is -4.44. The molecule has 0 unspecified atom stereocenters. The van der Waals surface area contributed by atoms with E-state index in [9.17, 15) is 18.8 Å². The number of hydrogen-bond donors (Lipinski definition) is 1. The molecule has 2 saturated heterocycles. The molecule has 2 aliphatic heterocycles. The molecular weight excluding hydrogens is 628 g/mol. The molecule has 8 nitrogen and oxygen atoms in total. The normalized spacial score (nSPS) is 18.2. The van der Waals surface area contributed by atoms with Crippen molar-refractivity contribution in [3.8, 4) is 0 Å². The number of benzene rings is 4. The fraction of sp³-hybridized carbons (Fsp3) is 0.229. The molecule has 11 heteroatoms. The van der Waals surface area contributed by atoms with Gasteiger partial charge in [-0.15, -0.1) is 6.58 Å². The summed E-state index contributed by atoms with van der Waals surface area (Å²) in [6.07, 6.45) is 1.16. The first kappa shape index (κ1) is 31.5. The third-order valence-corrected chi connectivity index (χ3v) is 9.16. The summed E-state index contributed by atoms with van der Waals surface area (Å²) in [4.78, 5) is 44.8. The monoisotopic (exact) mass is 659 g/mol. The van der Waals surface area contributed by atoms with E-state index >= 15 is 0 Å². The fourth-order valence-corrected chi connectivity index (χ4v) is 6.54. The van der Waals surface area contributed by atoms with Crippen LogP contribution in [0.4, 0.5) is 9.18 Å². The van der Waals surface area contributed by atoms with E-state index in [0.29, 0.717) is 16.6 Å². The van der Waals surface area contributed by atoms with E-state index in [1.807, 2.05) is 42.5 Å². The zero-order chi connectivity index (χ0) is 32.4. The Labute approximate surface area is 276 Å². The quantitative estimate of drug-likeness (QED) is 0.223. The highest BCUT2D eigenvalue weighted by atomic mass is 35.5. The molecule has 4 amide bonds. The Morgan fingerprint density at radius 1 is 0.978 bits per heavy atom. The minimum Gasteiger partial charge on any atom is -0.333 e. The lowest BCUT2D eigenvalue weighted by atomic mass is 9.99. The number of amides is 4. The zero-order valence-electron chi connectivity index (χ0n) is 24.9. The average Bonchev–Trinajstić information content (AvgIpc) is 3.38. The third kappa shape index (κ3) is 6.44. The molecule has 0 aliphatic carbocycles. The molecule has 2 heterocycles. The van der Waals surface area contributed by atoms with E-state index in [1.165, 1.54) is 17.1 Å². The SMILES string of the molecule is C=CCN(C(=O)NCc1ccc(Cl)c(Cl)c1)N1CC(=O)N2[C@@H](Cc3ccc(F)cc3)C(=O)N(Cc3cccc4ccccc34)C[C@@H]21. The van der Waals surface area contributed by atoms with Gasteiger partial charge in [0.15, 0.2) is 0 Å². The molecule has 46 heavy (non-hydrogen) atoms. The van der Waals surface area contributed by atoms with Gasteiger partial charge in [0, 0.05) is 19.5 Å². The molecule has 0 radical (unpaired) electrons. The van der Waals surface area contributed by atoms with Crippen molar-refractivity contribution in [1.29, 1.82) is 0 Å². The first-order valence-electron chi connectivity index (χ1n) is 14.9. The zero-order valence-corrected chi connectivity index (χ0v) is 26.4. The minimum atomic E-state index is -0.846. The highest BCUT2D eigenvalue weighted by Crippen LogP contribution is 2.31. The number of nitrogens with zero attached hydrogens (tertiary/aromatic N) is 4. The summed E-state index contributed by atoms with van der Waals surface area (Å²) < 4.78 is 13.7. The van der Waals surface area contributed by atoms with Crippen LogP contribution in [-0.2, 0) is 29.1 Å². The van der Waals surface area contributed by atoms with Gasteiger partial charge in [-0.1, -0.05) is 89.9 Å². The summed E-state index contributed by atoms with van der Waals surface area (Å²) in [7, 11) is 0. The first-order valence-corrected chi connectivity index (χ1v) is 15.7. The summed E-state index contributed by atoms with van der Waals surface area (Å²) in [6, 6.07) is 23.7. The third-order valence-electron chi connectivity index (χ3n) is 8.42. The van der Waals surface area contributed by atoms with E-state index < -0.39 is 18.2 Å². The summed E-state index contributed by atoms with van der Waals surface area (Å²) >= 11 is 12.2. The van der Waals surface area contributed by atoms with E-state index in [4.69, 9.17) is 23.2 Å². The topological polar surface area (TPSA) is 76.2 Å². The Morgan fingerprint density at radius 3 is 2.48 bits per heavy atom. The number of rotatable bonds is 9. The van der Waals surface area contributed by atoms with Gasteiger partial charge in [0.2, 0.25) is 11.8 Å². The molecule has 0 bridgehead atoms. The fourth-order valence-electron chi connectivity index (χ4n) is 6.22. The van der Waals surface area contributed by atoms with Crippen molar-refractivity contribution in [2.45, 2.75) is 31.7 Å². The number of piperazine rings is 1. The molecule has 6 rings (SSSR count). The number of carbonyl (C=O) groups is 3. The van der Waals surface area contributed by atoms with Gasteiger partial charge in [-0.25, -0.2) is 9.18 Å². The van der Waals surface area contributed by atoms with Crippen molar-refractivity contribution < 1.29 is 18.8 Å². The number of nitrogens with one attached hydrogen (secondary N) is 1. The largest absolute Gasteiger partial charge is 0.333 e. The molecule has 1 N–H and O–H groups in total. The summed E-state index contributed by atoms with van der Waals surface area (Å²) in [5, 5.41) is 8.94. The molecule has 0 saturated carbocycles. The Bertz CT molecular complexity index is 1800. The predicted octanol–water partition coefficient (Wildman–Crippen LogP) is 6.02. The Balaban J connectivity index is 1.31. The van der Waals surface area contributed by atoms with E-state index in [1.54, 1.807) is 51.2 Å². The van der Waals surface area contributed by atoms with Gasteiger partial charge in [0.05, 0.1) is 29.7 Å². The van der Waals surface area contributed by atoms with Crippen LogP contribution < -0.4 is 5.32 Å². The lowest BCUT2D eigenvalue weighted by Gasteiger charge is -2.46. The van der Waals surface area contributed by atoms with Crippen LogP contribution in [0.25, 0.3) is 10.8 Å². The van der Waals surface area contributed by atoms with Crippen molar-refractivity contribution in [3.05, 3.63) is 130 Å². The maximum absolute atomic E-state index is 14.2. The Kier molecular flexibility index (Phi) is 9.26. The highest BCUT2D eigenvalue weighted by Gasteiger charge is 2.52. The predicted molar refractivity (Wildman–Crippen MR) is 176 cm³/mol. The number of hydrogen-bond acceptors (Lipinski definition) is 4. The van der Waals surface area contributed by atoms with Crippen LogP contribution in [0, 0.1) is 5.82 Å². The van der Waals surface area contributed by atoms with Crippen molar-refractivity contribution in [3.63, 3.8) is 0 Å². The van der Waals surface area contributed by atoms with E-state index in [2.05, 4.69) is 11.9 Å². The molecule has 0 aromatic heterocycles. The highest BCUT2D eigenvalue weighted by molar-refractivity contribution is 6.42. The lowest BCUT2D eigenvalue weighted by Crippen LogP contribution is -2.66. The van der Waals surface area contributed by atoms with Gasteiger partial charge in [-0.05, 0) is 51.7 Å². The van der Waals surface area contributed by atoms with Crippen molar-refractivity contribution in [2.75, 3.05) is 19.6 Å². The van der Waals surface area contributed by atoms with Crippen LogP contribution in [0.1, 0.15) is 16.7 Å². The maximum Gasteiger partial charge on any atom is 0.332 e. The lowest BCUT2D eigenvalue weighted by molar-refractivity contribution is -0.157. The van der Waals surface area contributed by atoms with Crippen LogP contribution >= 0.6 is 23.2 Å². The van der Waals surface area contributed by atoms with Crippen LogP contribution in [-0.4, -0.2) is 69.5 Å². The molecule has 0 spiro atoms. The number of halogens is 3. The minimum absolute atomic E-state index is 0.103. The van der Waals surface area contributed by atoms with Crippen LogP contribution in [0.3, 0.4) is 0 Å². The Morgan fingerprint density at radius 2 is 1.72 bits per heavy atom. The maximum atomic E-state index is 14.2. The average molecular weight is 661 g/mol. The molecule has 4 aromatic carbocycles. The van der Waals surface area contributed by atoms with Crippen LogP contribution in [0.2, 0.25) is 10.0 Å². The summed E-state index contributed by atoms with van der Waals surface area (Å²) in [5.74, 6) is -0.866. The van der Waals surface area contributed by atoms with Crippen LogP contribution in [0.5, 0.6) is 0 Å². The van der Waals surface area contributed by atoms with Gasteiger partial charge >= 0.3 is 6.03 Å². The smallest absolute Gasteiger partial charge is 0.332 e. The standard InChI is InChI=1S/C35H32Cl2FN5O3/c1-2-16-41(35(46)39-19-24-12-15-29(36)30(37)17-24)42-22-33(44)43-31(18-23-10-13-27(38)14-11-23)34(45)40(21-32(42)43)20-26-8-5-7-25-6-3-4-9-28(25)26/h2-15,17,31-32H,1,16,18-22H2,(H,39,46)/t31-,32+/m0/s1.